The Kier molecular flexibility index (Phi) is 30.0. The summed E-state index contributed by atoms with van der Waals surface area (Å²) in [6.07, 6.45) is -69.0. The Bertz CT molecular complexity index is 2830. The molecule has 7 aliphatic rings. The third-order valence-corrected chi connectivity index (χ3v) is 17.9. The van der Waals surface area contributed by atoms with Crippen LogP contribution in [0.3, 0.4) is 0 Å². The van der Waals surface area contributed by atoms with Crippen LogP contribution in [-0.2, 0) is 100 Å². The Morgan fingerprint density at radius 2 is 0.842 bits per heavy atom. The molecule has 47 nitrogen and oxygen atoms in total. The van der Waals surface area contributed by atoms with Gasteiger partial charge in [0.25, 0.3) is 5.79 Å². The highest BCUT2D eigenvalue weighted by atomic mass is 32.3. The van der Waals surface area contributed by atoms with Crippen LogP contribution in [0.5, 0.6) is 0 Å². The normalized spacial score (nSPS) is 44.5. The number of carboxylic acids is 1. The van der Waals surface area contributed by atoms with Gasteiger partial charge in [-0.1, -0.05) is 0 Å². The van der Waals surface area contributed by atoms with Gasteiger partial charge < -0.3 is 190 Å². The van der Waals surface area contributed by atoms with Crippen molar-refractivity contribution < 1.29 is 210 Å². The van der Waals surface area contributed by atoms with Gasteiger partial charge in [-0.3, -0.25) is 23.7 Å². The zero-order valence-electron chi connectivity index (χ0n) is 53.4. The second kappa shape index (κ2) is 36.0. The van der Waals surface area contributed by atoms with Gasteiger partial charge in [-0.25, -0.2) is 8.98 Å². The number of nitrogens with one attached hydrogen (secondary N) is 4. The van der Waals surface area contributed by atoms with E-state index in [1.54, 1.807) is 0 Å². The van der Waals surface area contributed by atoms with Crippen LogP contribution in [0, 0.1) is 0 Å². The fourth-order valence-corrected chi connectivity index (χ4v) is 12.8. The topological polar surface area (TPSA) is 742 Å². The van der Waals surface area contributed by atoms with Gasteiger partial charge in [0.05, 0.1) is 58.4 Å². The number of carboxylic acid groups (broad SMARTS) is 1. The van der Waals surface area contributed by atoms with Crippen LogP contribution in [0.25, 0.3) is 0 Å². The van der Waals surface area contributed by atoms with E-state index in [4.69, 9.17) is 61.6 Å². The molecule has 48 heteroatoms. The van der Waals surface area contributed by atoms with E-state index in [-0.39, 0.29) is 0 Å². The fourth-order valence-electron chi connectivity index (χ4n) is 12.5. The average Bonchev–Trinajstić information content (AvgIpc) is 0.757. The summed E-state index contributed by atoms with van der Waals surface area (Å²) in [5.74, 6) is -9.66. The lowest BCUT2D eigenvalue weighted by molar-refractivity contribution is -0.391. The molecule has 7 saturated heterocycles. The molecule has 7 heterocycles. The molecule has 7 rings (SSSR count). The van der Waals surface area contributed by atoms with Crippen molar-refractivity contribution in [2.24, 2.45) is 0 Å². The summed E-state index contributed by atoms with van der Waals surface area (Å²) in [6, 6.07) is -7.62. The molecule has 1 unspecified atom stereocenters. The molecule has 26 N–H and O–H groups in total. The monoisotopic (exact) mass is 1500 g/mol. The SMILES string of the molecule is CC(=O)N[C@H]1[C@H](O[C@H]2[C@@H](O)[C@@H](CO)O[C@@H](O[C@H]3[C@H](O)[C@@H](NC(C)=O)[C@H](O[C@H]4[C@@H](O)[C@@H](CO)O[C@@H](O[C@H]5[C@@H](O)[C@@H](CO)OC(O)[C@@H]5NC(C)=O)[C@@H]4O)O[C@@H]3CO)[C@@H]2O)O[C@H](COS(=O)(=O)O)[C@@H](O[C@@H]2O[C@H](CO)[C@H](O)[C@H](O[C@]3(C(=O)O)C[C@H](O)[C@@H](NC(=O)CO)[C@H]([C@H](O)[C@H](O)CO)O3)[C@H]2O)[C@@H]1O. The highest BCUT2D eigenvalue weighted by Gasteiger charge is 2.62. The lowest BCUT2D eigenvalue weighted by Crippen LogP contribution is -2.71. The molecule has 0 spiro atoms. The minimum absolute atomic E-state index is 0.789. The molecule has 0 aromatic rings. The van der Waals surface area contributed by atoms with Crippen molar-refractivity contribution in [1.29, 1.82) is 0 Å². The van der Waals surface area contributed by atoms with Crippen LogP contribution in [0.4, 0.5) is 0 Å². The van der Waals surface area contributed by atoms with Crippen LogP contribution >= 0.6 is 0 Å². The Balaban J connectivity index is 1.14. The van der Waals surface area contributed by atoms with E-state index < -0.39 is 320 Å². The van der Waals surface area contributed by atoms with Crippen LogP contribution < -0.4 is 21.3 Å². The quantitative estimate of drug-likeness (QED) is 0.0309. The predicted molar refractivity (Wildman–Crippen MR) is 307 cm³/mol. The van der Waals surface area contributed by atoms with Gasteiger partial charge in [0.2, 0.25) is 23.6 Å². The Labute approximate surface area is 570 Å². The van der Waals surface area contributed by atoms with E-state index in [0.717, 1.165) is 20.8 Å². The Morgan fingerprint density at radius 1 is 0.465 bits per heavy atom. The van der Waals surface area contributed by atoms with Crippen LogP contribution in [0.1, 0.15) is 27.2 Å². The molecule has 7 fully saturated rings. The molecule has 36 atom stereocenters. The Morgan fingerprint density at radius 3 is 1.26 bits per heavy atom. The number of aliphatic carboxylic acids is 1. The first-order valence-corrected chi connectivity index (χ1v) is 32.4. The van der Waals surface area contributed by atoms with Crippen LogP contribution in [0.15, 0.2) is 0 Å². The Hall–Kier alpha value is -4.10. The number of aliphatic hydroxyl groups excluding tert-OH is 20. The molecule has 0 radical (unpaired) electrons. The van der Waals surface area contributed by atoms with Gasteiger partial charge in [0.15, 0.2) is 37.7 Å². The molecule has 0 aromatic heterocycles. The molecular formula is C53H88N4O43S. The van der Waals surface area contributed by atoms with Crippen molar-refractivity contribution in [2.45, 2.75) is 247 Å². The van der Waals surface area contributed by atoms with Crippen molar-refractivity contribution in [2.75, 3.05) is 52.9 Å². The van der Waals surface area contributed by atoms with Crippen molar-refractivity contribution in [3.8, 4) is 0 Å². The largest absolute Gasteiger partial charge is 0.477 e. The van der Waals surface area contributed by atoms with Gasteiger partial charge >= 0.3 is 16.4 Å². The molecule has 584 valence electrons. The van der Waals surface area contributed by atoms with Crippen molar-refractivity contribution >= 4 is 40.0 Å². The smallest absolute Gasteiger partial charge is 0.397 e. The summed E-state index contributed by atoms with van der Waals surface area (Å²) < 4.78 is 113. The minimum atomic E-state index is -5.55. The second-order valence-corrected chi connectivity index (χ2v) is 25.6. The number of rotatable bonds is 29. The average molecular weight is 1500 g/mol. The van der Waals surface area contributed by atoms with E-state index >= 15 is 0 Å². The minimum Gasteiger partial charge on any atom is -0.477 e. The number of ether oxygens (including phenoxy) is 13. The standard InChI is InChI=1S/C53H88N4O43S/c1-13(65)54-26-34(76)39(22(10-63)92-47(26)97-44-32(74)20(8-61)90-50(37(44)79)96-41-28(56-15(3)67)46(81)88-18(6-59)30(41)72)94-49-36(78)43(31(73)19(7-60)89-49)98-48-27(55-14(2)66)35(77)40(23(93-48)12-87-101(84,85)86)95-51-38(80)45(33(75)21(9-62)91-51)100-53(52(82)83)4-16(68)25(57-24(70)11-64)42(99-53)29(71)17(69)5-58/h16-23,25-51,58-64,68-69,71-81H,4-12H2,1-3H3,(H,54,65)(H,55,66)(H,56,67)(H,57,70)(H,82,83)(H,84,85,86)/t16-,17+,18+,19+,20+,21+,22+,23+,25+,26+,27+,28+,29+,30-,31-,32-,33-,34+,35+,36+,37+,38+,39+,40+,41+,42+,43-,44-,45-,46?,47-,48-,49-,50-,51-,53-/m0/s1. The summed E-state index contributed by atoms with van der Waals surface area (Å²) in [7, 11) is -5.55. The maximum absolute atomic E-state index is 13.2. The summed E-state index contributed by atoms with van der Waals surface area (Å²) in [6.45, 7) is -6.84. The molecule has 0 bridgehead atoms. The fraction of sp³-hybridized carbons (Fsp3) is 0.906. The molecule has 0 saturated carbocycles. The molecule has 0 aromatic carbocycles. The molecule has 7 aliphatic heterocycles. The zero-order valence-corrected chi connectivity index (χ0v) is 54.2. The van der Waals surface area contributed by atoms with E-state index in [2.05, 4.69) is 20.1 Å². The number of aliphatic hydroxyl groups is 20. The van der Waals surface area contributed by atoms with Crippen molar-refractivity contribution in [3.05, 3.63) is 0 Å². The predicted octanol–water partition coefficient (Wildman–Crippen LogP) is -17.7. The number of hydrogen-bond acceptors (Lipinski definition) is 41. The summed E-state index contributed by atoms with van der Waals surface area (Å²) in [5, 5.41) is 239. The first-order valence-electron chi connectivity index (χ1n) is 31.1. The van der Waals surface area contributed by atoms with E-state index in [1.807, 2.05) is 5.32 Å². The maximum atomic E-state index is 13.2. The molecule has 0 aliphatic carbocycles. The lowest BCUT2D eigenvalue weighted by atomic mass is 9.88. The third-order valence-electron chi connectivity index (χ3n) is 17.4. The van der Waals surface area contributed by atoms with Gasteiger partial charge in [-0.2, -0.15) is 8.42 Å². The first-order chi connectivity index (χ1) is 47.4. The lowest BCUT2D eigenvalue weighted by Gasteiger charge is -2.51. The number of hydrogen-bond donors (Lipinski definition) is 26. The van der Waals surface area contributed by atoms with E-state index in [9.17, 15) is 144 Å². The molecular weight excluding hydrogens is 1410 g/mol. The van der Waals surface area contributed by atoms with Crippen molar-refractivity contribution in [3.63, 3.8) is 0 Å². The molecule has 4 amide bonds. The number of amides is 4. The summed E-state index contributed by atoms with van der Waals surface area (Å²) >= 11 is 0. The summed E-state index contributed by atoms with van der Waals surface area (Å²) in [5.41, 5.74) is 0. The maximum Gasteiger partial charge on any atom is 0.397 e. The third kappa shape index (κ3) is 19.4. The van der Waals surface area contributed by atoms with Crippen LogP contribution in [0.2, 0.25) is 0 Å². The van der Waals surface area contributed by atoms with Gasteiger partial charge in [-0.05, 0) is 0 Å². The highest BCUT2D eigenvalue weighted by Crippen LogP contribution is 2.41. The van der Waals surface area contributed by atoms with Gasteiger partial charge in [-0.15, -0.1) is 0 Å². The zero-order chi connectivity index (χ0) is 75.2. The van der Waals surface area contributed by atoms with E-state index in [1.165, 1.54) is 0 Å². The molecule has 101 heavy (non-hydrogen) atoms. The van der Waals surface area contributed by atoms with Crippen molar-refractivity contribution in [1.82, 2.24) is 21.3 Å². The van der Waals surface area contributed by atoms with Gasteiger partial charge in [0.1, 0.15) is 171 Å². The number of carbonyl (C=O) groups excluding carboxylic acids is 4. The van der Waals surface area contributed by atoms with Gasteiger partial charge in [0, 0.05) is 27.2 Å². The van der Waals surface area contributed by atoms with E-state index in [0.29, 0.717) is 0 Å². The number of carbonyl (C=O) groups is 5. The highest BCUT2D eigenvalue weighted by molar-refractivity contribution is 7.80. The first kappa shape index (κ1) is 84.2. The summed E-state index contributed by atoms with van der Waals surface area (Å²) in [4.78, 5) is 63.3. The second-order valence-electron chi connectivity index (χ2n) is 24.5. The van der Waals surface area contributed by atoms with Crippen LogP contribution in [-0.4, -0.2) is 423 Å².